The maximum Gasteiger partial charge on any atom is 0.153 e. The molecule has 10 heavy (non-hydrogen) atoms. The third kappa shape index (κ3) is 0.978. The molecule has 3 nitrogen and oxygen atoms in total. The minimum atomic E-state index is 0.458. The third-order valence-electron chi connectivity index (χ3n) is 1.34. The third-order valence-corrected chi connectivity index (χ3v) is 1.34. The summed E-state index contributed by atoms with van der Waals surface area (Å²) >= 11 is 0. The van der Waals surface area contributed by atoms with Gasteiger partial charge in [-0.2, -0.15) is 0 Å². The zero-order chi connectivity index (χ0) is 7.56. The Kier molecular flexibility index (Phi) is 1.67. The van der Waals surface area contributed by atoms with Crippen LogP contribution in [-0.4, -0.2) is 11.3 Å². The summed E-state index contributed by atoms with van der Waals surface area (Å²) in [6.45, 7) is 1.81. The molecule has 1 aromatic rings. The number of hydrogen-bond acceptors (Lipinski definition) is 3. The largest absolute Gasteiger partial charge is 0.398 e. The first-order valence-electron chi connectivity index (χ1n) is 2.91. The highest BCUT2D eigenvalue weighted by Gasteiger charge is 1.98. The number of carbonyl (C=O) groups excluding carboxylic acids is 1. The predicted octanol–water partition coefficient (Wildman–Crippen LogP) is 0.785. The second kappa shape index (κ2) is 2.47. The molecule has 1 aromatic heterocycles. The lowest BCUT2D eigenvalue weighted by Crippen LogP contribution is -1.96. The van der Waals surface area contributed by atoms with Gasteiger partial charge < -0.3 is 5.73 Å². The molecule has 3 heteroatoms. The van der Waals surface area contributed by atoms with Gasteiger partial charge in [0.15, 0.2) is 6.29 Å². The number of rotatable bonds is 1. The van der Waals surface area contributed by atoms with Crippen LogP contribution < -0.4 is 5.73 Å². The molecule has 0 saturated heterocycles. The number of nitrogens with two attached hydrogens (primary N) is 1. The van der Waals surface area contributed by atoms with Crippen molar-refractivity contribution in [3.05, 3.63) is 23.5 Å². The number of aldehydes is 1. The average Bonchev–Trinajstić information content (AvgIpc) is 1.95. The number of aryl methyl sites for hydroxylation is 1. The monoisotopic (exact) mass is 136 g/mol. The van der Waals surface area contributed by atoms with Gasteiger partial charge >= 0.3 is 0 Å². The van der Waals surface area contributed by atoms with Gasteiger partial charge in [0.25, 0.3) is 0 Å². The van der Waals surface area contributed by atoms with Crippen molar-refractivity contribution in [3.63, 3.8) is 0 Å². The maximum atomic E-state index is 10.3. The lowest BCUT2D eigenvalue weighted by atomic mass is 10.2. The van der Waals surface area contributed by atoms with Crippen LogP contribution in [-0.2, 0) is 0 Å². The van der Waals surface area contributed by atoms with Gasteiger partial charge in [-0.15, -0.1) is 0 Å². The standard InChI is InChI=1S/C7H8N2O/c1-5-2-9-3-6(4-10)7(5)8/h2-4H,1H3,(H2,8,9). The van der Waals surface area contributed by atoms with E-state index in [4.69, 9.17) is 5.73 Å². The summed E-state index contributed by atoms with van der Waals surface area (Å²) < 4.78 is 0. The average molecular weight is 136 g/mol. The number of pyridine rings is 1. The normalized spacial score (nSPS) is 9.30. The van der Waals surface area contributed by atoms with Gasteiger partial charge in [-0.05, 0) is 12.5 Å². The molecule has 0 atom stereocenters. The summed E-state index contributed by atoms with van der Waals surface area (Å²) in [5.41, 5.74) is 7.34. The summed E-state index contributed by atoms with van der Waals surface area (Å²) in [6, 6.07) is 0. The number of anilines is 1. The van der Waals surface area contributed by atoms with Gasteiger partial charge in [-0.25, -0.2) is 0 Å². The molecule has 0 aliphatic heterocycles. The molecular formula is C7H8N2O. The van der Waals surface area contributed by atoms with E-state index in [1.807, 2.05) is 6.92 Å². The van der Waals surface area contributed by atoms with Crippen LogP contribution in [0.2, 0.25) is 0 Å². The molecule has 0 unspecified atom stereocenters. The number of carbonyl (C=O) groups is 1. The Labute approximate surface area is 58.9 Å². The van der Waals surface area contributed by atoms with E-state index in [0.717, 1.165) is 5.56 Å². The highest BCUT2D eigenvalue weighted by atomic mass is 16.1. The first-order chi connectivity index (χ1) is 4.75. The number of hydrogen-bond donors (Lipinski definition) is 1. The van der Waals surface area contributed by atoms with Crippen molar-refractivity contribution in [3.8, 4) is 0 Å². The van der Waals surface area contributed by atoms with Crippen molar-refractivity contribution in [2.24, 2.45) is 0 Å². The topological polar surface area (TPSA) is 56.0 Å². The fraction of sp³-hybridized carbons (Fsp3) is 0.143. The van der Waals surface area contributed by atoms with Crippen LogP contribution in [0, 0.1) is 6.92 Å². The quantitative estimate of drug-likeness (QED) is 0.580. The van der Waals surface area contributed by atoms with E-state index in [2.05, 4.69) is 4.98 Å². The molecule has 0 spiro atoms. The number of nitrogens with zero attached hydrogens (tertiary/aromatic N) is 1. The molecule has 0 amide bonds. The van der Waals surface area contributed by atoms with Gasteiger partial charge in [0.1, 0.15) is 0 Å². The van der Waals surface area contributed by atoms with Gasteiger partial charge in [-0.1, -0.05) is 0 Å². The summed E-state index contributed by atoms with van der Waals surface area (Å²) in [5.74, 6) is 0. The Morgan fingerprint density at radius 3 is 2.80 bits per heavy atom. The van der Waals surface area contributed by atoms with Crippen molar-refractivity contribution < 1.29 is 4.79 Å². The smallest absolute Gasteiger partial charge is 0.153 e. The van der Waals surface area contributed by atoms with Crippen LogP contribution in [0.25, 0.3) is 0 Å². The Hall–Kier alpha value is -1.38. The van der Waals surface area contributed by atoms with E-state index in [9.17, 15) is 4.79 Å². The second-order valence-electron chi connectivity index (χ2n) is 2.08. The Morgan fingerprint density at radius 1 is 1.60 bits per heavy atom. The van der Waals surface area contributed by atoms with Crippen LogP contribution in [0.4, 0.5) is 5.69 Å². The first-order valence-corrected chi connectivity index (χ1v) is 2.91. The van der Waals surface area contributed by atoms with Crippen LogP contribution in [0.1, 0.15) is 15.9 Å². The molecule has 1 heterocycles. The fourth-order valence-corrected chi connectivity index (χ4v) is 0.690. The van der Waals surface area contributed by atoms with Gasteiger partial charge in [0, 0.05) is 18.1 Å². The fourth-order valence-electron chi connectivity index (χ4n) is 0.690. The molecule has 0 fully saturated rings. The lowest BCUT2D eigenvalue weighted by molar-refractivity contribution is 0.112. The highest BCUT2D eigenvalue weighted by Crippen LogP contribution is 2.11. The zero-order valence-corrected chi connectivity index (χ0v) is 5.66. The van der Waals surface area contributed by atoms with E-state index in [1.165, 1.54) is 6.20 Å². The Morgan fingerprint density at radius 2 is 2.30 bits per heavy atom. The molecule has 52 valence electrons. The summed E-state index contributed by atoms with van der Waals surface area (Å²) in [7, 11) is 0. The summed E-state index contributed by atoms with van der Waals surface area (Å²) in [4.78, 5) is 14.1. The predicted molar refractivity (Wildman–Crippen MR) is 38.8 cm³/mol. The van der Waals surface area contributed by atoms with Crippen molar-refractivity contribution in [1.29, 1.82) is 0 Å². The minimum absolute atomic E-state index is 0.458. The van der Waals surface area contributed by atoms with Crippen LogP contribution in [0.15, 0.2) is 12.4 Å². The molecular weight excluding hydrogens is 128 g/mol. The second-order valence-corrected chi connectivity index (χ2v) is 2.08. The maximum absolute atomic E-state index is 10.3. The van der Waals surface area contributed by atoms with E-state index in [-0.39, 0.29) is 0 Å². The van der Waals surface area contributed by atoms with Gasteiger partial charge in [-0.3, -0.25) is 9.78 Å². The summed E-state index contributed by atoms with van der Waals surface area (Å²) in [5, 5.41) is 0. The number of aromatic nitrogens is 1. The zero-order valence-electron chi connectivity index (χ0n) is 5.66. The van der Waals surface area contributed by atoms with Crippen molar-refractivity contribution in [2.45, 2.75) is 6.92 Å². The molecule has 0 bridgehead atoms. The van der Waals surface area contributed by atoms with E-state index >= 15 is 0 Å². The lowest BCUT2D eigenvalue weighted by Gasteiger charge is -1.99. The molecule has 0 aliphatic rings. The SMILES string of the molecule is Cc1cncc(C=O)c1N. The van der Waals surface area contributed by atoms with Crippen molar-refractivity contribution >= 4 is 12.0 Å². The molecule has 0 saturated carbocycles. The van der Waals surface area contributed by atoms with Crippen LogP contribution >= 0.6 is 0 Å². The number of nitrogen functional groups attached to an aromatic ring is 1. The van der Waals surface area contributed by atoms with Crippen LogP contribution in [0.3, 0.4) is 0 Å². The van der Waals surface area contributed by atoms with E-state index in [0.29, 0.717) is 17.5 Å². The Balaban J connectivity index is 3.27. The van der Waals surface area contributed by atoms with Gasteiger partial charge in [0.2, 0.25) is 0 Å². The first kappa shape index (κ1) is 6.74. The van der Waals surface area contributed by atoms with Gasteiger partial charge in [0.05, 0.1) is 5.56 Å². The van der Waals surface area contributed by atoms with Crippen molar-refractivity contribution in [2.75, 3.05) is 5.73 Å². The molecule has 0 aromatic carbocycles. The van der Waals surface area contributed by atoms with Crippen molar-refractivity contribution in [1.82, 2.24) is 4.98 Å². The molecule has 0 radical (unpaired) electrons. The van der Waals surface area contributed by atoms with E-state index < -0.39 is 0 Å². The molecule has 1 rings (SSSR count). The minimum Gasteiger partial charge on any atom is -0.398 e. The summed E-state index contributed by atoms with van der Waals surface area (Å²) in [6.07, 6.45) is 3.78. The highest BCUT2D eigenvalue weighted by molar-refractivity contribution is 5.83. The molecule has 2 N–H and O–H groups in total. The van der Waals surface area contributed by atoms with E-state index in [1.54, 1.807) is 6.20 Å². The Bertz CT molecular complexity index is 258. The molecule has 0 aliphatic carbocycles. The van der Waals surface area contributed by atoms with Crippen LogP contribution in [0.5, 0.6) is 0 Å².